The van der Waals surface area contributed by atoms with Crippen LogP contribution >= 0.6 is 0 Å². The van der Waals surface area contributed by atoms with Gasteiger partial charge in [-0.15, -0.1) is 0 Å². The predicted octanol–water partition coefficient (Wildman–Crippen LogP) is 2.26. The Bertz CT molecular complexity index is 594. The van der Waals surface area contributed by atoms with Crippen molar-refractivity contribution in [2.24, 2.45) is 5.41 Å². The highest BCUT2D eigenvalue weighted by atomic mass is 16.5. The lowest BCUT2D eigenvalue weighted by molar-refractivity contribution is -0.131. The van der Waals surface area contributed by atoms with Crippen molar-refractivity contribution in [3.05, 3.63) is 23.8 Å². The van der Waals surface area contributed by atoms with E-state index >= 15 is 0 Å². The normalized spacial score (nSPS) is 11.0. The third-order valence-electron chi connectivity index (χ3n) is 3.91. The number of benzene rings is 1. The first kappa shape index (κ1) is 20.8. The number of amides is 2. The SMILES string of the molecule is COc1ccc(CCN(CCNC(=O)C(C)(C)C)C(C)=O)cc1OC. The number of methoxy groups -OCH3 is 2. The number of rotatable bonds is 8. The van der Waals surface area contributed by atoms with Crippen molar-refractivity contribution in [1.82, 2.24) is 10.2 Å². The van der Waals surface area contributed by atoms with Gasteiger partial charge in [-0.3, -0.25) is 9.59 Å². The fourth-order valence-corrected chi connectivity index (χ4v) is 2.30. The van der Waals surface area contributed by atoms with E-state index < -0.39 is 5.41 Å². The number of carbonyl (C=O) groups excluding carboxylic acids is 2. The Kier molecular flexibility index (Phi) is 7.74. The van der Waals surface area contributed by atoms with Gasteiger partial charge in [0.15, 0.2) is 11.5 Å². The molecule has 0 aliphatic heterocycles. The van der Waals surface area contributed by atoms with Gasteiger partial charge in [0.25, 0.3) is 0 Å². The van der Waals surface area contributed by atoms with Crippen molar-refractivity contribution < 1.29 is 19.1 Å². The van der Waals surface area contributed by atoms with Crippen molar-refractivity contribution in [2.75, 3.05) is 33.9 Å². The summed E-state index contributed by atoms with van der Waals surface area (Å²) < 4.78 is 10.5. The molecule has 0 spiro atoms. The molecule has 0 saturated heterocycles. The number of carbonyl (C=O) groups is 2. The molecule has 0 aliphatic rings. The van der Waals surface area contributed by atoms with Crippen molar-refractivity contribution in [3.8, 4) is 11.5 Å². The Labute approximate surface area is 150 Å². The fourth-order valence-electron chi connectivity index (χ4n) is 2.30. The molecule has 1 N–H and O–H groups in total. The summed E-state index contributed by atoms with van der Waals surface area (Å²) in [5.41, 5.74) is 0.628. The van der Waals surface area contributed by atoms with Crippen LogP contribution in [0.2, 0.25) is 0 Å². The summed E-state index contributed by atoms with van der Waals surface area (Å²) in [6, 6.07) is 5.73. The molecule has 6 heteroatoms. The van der Waals surface area contributed by atoms with Gasteiger partial charge in [-0.05, 0) is 24.1 Å². The Hall–Kier alpha value is -2.24. The highest BCUT2D eigenvalue weighted by Gasteiger charge is 2.20. The zero-order chi connectivity index (χ0) is 19.0. The van der Waals surface area contributed by atoms with Crippen LogP contribution in [0, 0.1) is 5.41 Å². The van der Waals surface area contributed by atoms with Crippen LogP contribution in [0.15, 0.2) is 18.2 Å². The number of ether oxygens (including phenoxy) is 2. The number of nitrogens with one attached hydrogen (secondary N) is 1. The Morgan fingerprint density at radius 2 is 1.72 bits per heavy atom. The molecular formula is C19H30N2O4. The first-order valence-corrected chi connectivity index (χ1v) is 8.43. The lowest BCUT2D eigenvalue weighted by atomic mass is 9.96. The topological polar surface area (TPSA) is 67.9 Å². The van der Waals surface area contributed by atoms with Crippen LogP contribution in [0.5, 0.6) is 11.5 Å². The summed E-state index contributed by atoms with van der Waals surface area (Å²) in [5, 5.41) is 2.87. The summed E-state index contributed by atoms with van der Waals surface area (Å²) in [6.07, 6.45) is 0.702. The second-order valence-electron chi connectivity index (χ2n) is 6.95. The van der Waals surface area contributed by atoms with E-state index in [1.54, 1.807) is 26.0 Å². The highest BCUT2D eigenvalue weighted by molar-refractivity contribution is 5.81. The van der Waals surface area contributed by atoms with Gasteiger partial charge >= 0.3 is 0 Å². The van der Waals surface area contributed by atoms with E-state index in [1.165, 1.54) is 0 Å². The molecule has 6 nitrogen and oxygen atoms in total. The van der Waals surface area contributed by atoms with Gasteiger partial charge in [0.2, 0.25) is 11.8 Å². The van der Waals surface area contributed by atoms with E-state index in [4.69, 9.17) is 9.47 Å². The second kappa shape index (κ2) is 9.30. The summed E-state index contributed by atoms with van der Waals surface area (Å²) in [5.74, 6) is 1.33. The second-order valence-corrected chi connectivity index (χ2v) is 6.95. The zero-order valence-corrected chi connectivity index (χ0v) is 16.1. The molecule has 0 saturated carbocycles. The Morgan fingerprint density at radius 1 is 1.08 bits per heavy atom. The van der Waals surface area contributed by atoms with Gasteiger partial charge in [0.1, 0.15) is 0 Å². The predicted molar refractivity (Wildman–Crippen MR) is 98.0 cm³/mol. The lowest BCUT2D eigenvalue weighted by Crippen LogP contribution is -2.41. The van der Waals surface area contributed by atoms with E-state index in [0.29, 0.717) is 37.6 Å². The lowest BCUT2D eigenvalue weighted by Gasteiger charge is -2.23. The van der Waals surface area contributed by atoms with Gasteiger partial charge in [0, 0.05) is 32.0 Å². The molecule has 0 aromatic heterocycles. The van der Waals surface area contributed by atoms with Gasteiger partial charge in [-0.25, -0.2) is 0 Å². The van der Waals surface area contributed by atoms with Crippen LogP contribution in [-0.4, -0.2) is 50.6 Å². The molecule has 0 unspecified atom stereocenters. The molecule has 1 rings (SSSR count). The molecule has 0 radical (unpaired) electrons. The molecule has 0 heterocycles. The Balaban J connectivity index is 2.59. The van der Waals surface area contributed by atoms with Gasteiger partial charge in [-0.2, -0.15) is 0 Å². The van der Waals surface area contributed by atoms with E-state index in [1.807, 2.05) is 39.0 Å². The maximum Gasteiger partial charge on any atom is 0.225 e. The smallest absolute Gasteiger partial charge is 0.225 e. The van der Waals surface area contributed by atoms with Crippen molar-refractivity contribution in [2.45, 2.75) is 34.1 Å². The summed E-state index contributed by atoms with van der Waals surface area (Å²) >= 11 is 0. The van der Waals surface area contributed by atoms with Crippen LogP contribution in [0.3, 0.4) is 0 Å². The molecule has 2 amide bonds. The number of hydrogen-bond donors (Lipinski definition) is 1. The highest BCUT2D eigenvalue weighted by Crippen LogP contribution is 2.27. The van der Waals surface area contributed by atoms with E-state index in [0.717, 1.165) is 5.56 Å². The van der Waals surface area contributed by atoms with Crippen LogP contribution in [0.25, 0.3) is 0 Å². The molecule has 140 valence electrons. The third-order valence-corrected chi connectivity index (χ3v) is 3.91. The standard InChI is InChI=1S/C19H30N2O4/c1-14(22)21(12-10-20-18(23)19(2,3)4)11-9-15-7-8-16(24-5)17(13-15)25-6/h7-8,13H,9-12H2,1-6H3,(H,20,23). The van der Waals surface area contributed by atoms with Crippen LogP contribution in [-0.2, 0) is 16.0 Å². The minimum absolute atomic E-state index is 0.00881. The fraction of sp³-hybridized carbons (Fsp3) is 0.579. The van der Waals surface area contributed by atoms with Gasteiger partial charge in [-0.1, -0.05) is 26.8 Å². The number of nitrogens with zero attached hydrogens (tertiary/aromatic N) is 1. The van der Waals surface area contributed by atoms with Crippen LogP contribution in [0.4, 0.5) is 0 Å². The average molecular weight is 350 g/mol. The largest absolute Gasteiger partial charge is 0.493 e. The first-order chi connectivity index (χ1) is 11.7. The van der Waals surface area contributed by atoms with Gasteiger partial charge in [0.05, 0.1) is 14.2 Å². The third kappa shape index (κ3) is 6.64. The maximum absolute atomic E-state index is 11.9. The van der Waals surface area contributed by atoms with Gasteiger partial charge < -0.3 is 19.7 Å². The molecule has 0 bridgehead atoms. The number of hydrogen-bond acceptors (Lipinski definition) is 4. The monoisotopic (exact) mass is 350 g/mol. The van der Waals surface area contributed by atoms with Crippen LogP contribution < -0.4 is 14.8 Å². The van der Waals surface area contributed by atoms with Crippen molar-refractivity contribution in [1.29, 1.82) is 0 Å². The van der Waals surface area contributed by atoms with Crippen LogP contribution in [0.1, 0.15) is 33.3 Å². The summed E-state index contributed by atoms with van der Waals surface area (Å²) in [6.45, 7) is 8.65. The quantitative estimate of drug-likeness (QED) is 0.781. The minimum atomic E-state index is -0.430. The van der Waals surface area contributed by atoms with E-state index in [-0.39, 0.29) is 11.8 Å². The molecule has 1 aromatic rings. The average Bonchev–Trinajstić information content (AvgIpc) is 2.56. The molecule has 0 atom stereocenters. The first-order valence-electron chi connectivity index (χ1n) is 8.43. The molecule has 25 heavy (non-hydrogen) atoms. The minimum Gasteiger partial charge on any atom is -0.493 e. The Morgan fingerprint density at radius 3 is 2.24 bits per heavy atom. The molecule has 0 aliphatic carbocycles. The van der Waals surface area contributed by atoms with Crippen molar-refractivity contribution >= 4 is 11.8 Å². The molecule has 1 aromatic carbocycles. The van der Waals surface area contributed by atoms with E-state index in [9.17, 15) is 9.59 Å². The van der Waals surface area contributed by atoms with Crippen molar-refractivity contribution in [3.63, 3.8) is 0 Å². The zero-order valence-electron chi connectivity index (χ0n) is 16.1. The molecule has 0 fully saturated rings. The van der Waals surface area contributed by atoms with E-state index in [2.05, 4.69) is 5.32 Å². The summed E-state index contributed by atoms with van der Waals surface area (Å²) in [4.78, 5) is 25.5. The maximum atomic E-state index is 11.9. The summed E-state index contributed by atoms with van der Waals surface area (Å²) in [7, 11) is 3.20. The molecular weight excluding hydrogens is 320 g/mol.